The van der Waals surface area contributed by atoms with Crippen LogP contribution in [-0.4, -0.2) is 29.1 Å². The maximum absolute atomic E-state index is 12.2. The minimum absolute atomic E-state index is 0.104. The number of halogens is 1. The van der Waals surface area contributed by atoms with Crippen LogP contribution in [0.15, 0.2) is 42.5 Å². The zero-order valence-corrected chi connectivity index (χ0v) is 11.9. The molecule has 1 amide bonds. The molecule has 0 radical (unpaired) electrons. The molecule has 3 rings (SSSR count). The first kappa shape index (κ1) is 13.8. The molecule has 21 heavy (non-hydrogen) atoms. The summed E-state index contributed by atoms with van der Waals surface area (Å²) in [6, 6.07) is 12.9. The third-order valence-corrected chi connectivity index (χ3v) is 3.69. The van der Waals surface area contributed by atoms with E-state index in [0.29, 0.717) is 16.1 Å². The van der Waals surface area contributed by atoms with Gasteiger partial charge >= 0.3 is 0 Å². The van der Waals surface area contributed by atoms with Crippen molar-refractivity contribution in [2.24, 2.45) is 0 Å². The molecule has 0 saturated carbocycles. The van der Waals surface area contributed by atoms with Gasteiger partial charge in [-0.3, -0.25) is 4.79 Å². The second-order valence-electron chi connectivity index (χ2n) is 4.62. The van der Waals surface area contributed by atoms with Crippen molar-refractivity contribution in [2.45, 2.75) is 0 Å². The fraction of sp³-hybridized carbons (Fsp3) is 0.125. The van der Waals surface area contributed by atoms with Gasteiger partial charge in [-0.2, -0.15) is 0 Å². The number of pyridine rings is 1. The molecule has 5 heteroatoms. The average molecular weight is 301 g/mol. The first-order chi connectivity index (χ1) is 10.2. The maximum Gasteiger partial charge on any atom is 0.253 e. The molecule has 1 aromatic heterocycles. The fourth-order valence-corrected chi connectivity index (χ4v) is 2.62. The molecule has 0 aliphatic carbocycles. The summed E-state index contributed by atoms with van der Waals surface area (Å²) in [5, 5.41) is 13.6. The first-order valence-electron chi connectivity index (χ1n) is 6.58. The number of nitrogens with zero attached hydrogens (tertiary/aromatic N) is 1. The van der Waals surface area contributed by atoms with Crippen molar-refractivity contribution in [2.75, 3.05) is 13.2 Å². The third kappa shape index (κ3) is 2.44. The van der Waals surface area contributed by atoms with E-state index >= 15 is 0 Å². The summed E-state index contributed by atoms with van der Waals surface area (Å²) in [6.07, 6.45) is 0. The van der Waals surface area contributed by atoms with Crippen LogP contribution in [0.3, 0.4) is 0 Å². The van der Waals surface area contributed by atoms with E-state index in [0.717, 1.165) is 16.3 Å². The van der Waals surface area contributed by atoms with Crippen LogP contribution in [0.25, 0.3) is 21.8 Å². The lowest BCUT2D eigenvalue weighted by Crippen LogP contribution is -2.26. The molecular weight excluding hydrogens is 288 g/mol. The molecule has 0 spiro atoms. The number of amides is 1. The number of hydrogen-bond donors (Lipinski definition) is 2. The Hall–Kier alpha value is -2.17. The number of aliphatic hydroxyl groups is 1. The van der Waals surface area contributed by atoms with Crippen molar-refractivity contribution < 1.29 is 9.90 Å². The van der Waals surface area contributed by atoms with E-state index in [1.807, 2.05) is 30.3 Å². The Labute approximate surface area is 126 Å². The Morgan fingerprint density at radius 1 is 1.14 bits per heavy atom. The number of nitrogens with one attached hydrogen (secondary N) is 1. The van der Waals surface area contributed by atoms with Crippen LogP contribution >= 0.6 is 11.6 Å². The minimum Gasteiger partial charge on any atom is -0.395 e. The normalized spacial score (nSPS) is 11.0. The van der Waals surface area contributed by atoms with Crippen LogP contribution in [0, 0.1) is 0 Å². The number of benzene rings is 2. The molecule has 2 N–H and O–H groups in total. The molecule has 106 valence electrons. The summed E-state index contributed by atoms with van der Waals surface area (Å²) >= 11 is 6.44. The monoisotopic (exact) mass is 300 g/mol. The lowest BCUT2D eigenvalue weighted by atomic mass is 10.1. The molecule has 2 aromatic carbocycles. The van der Waals surface area contributed by atoms with Crippen LogP contribution in [-0.2, 0) is 0 Å². The average Bonchev–Trinajstić information content (AvgIpc) is 2.52. The predicted molar refractivity (Wildman–Crippen MR) is 83.7 cm³/mol. The molecule has 4 nitrogen and oxygen atoms in total. The molecule has 0 atom stereocenters. The van der Waals surface area contributed by atoms with E-state index in [9.17, 15) is 4.79 Å². The van der Waals surface area contributed by atoms with Gasteiger partial charge in [0.05, 0.1) is 28.2 Å². The van der Waals surface area contributed by atoms with Crippen molar-refractivity contribution in [3.8, 4) is 0 Å². The van der Waals surface area contributed by atoms with E-state index in [1.54, 1.807) is 12.1 Å². The zero-order valence-electron chi connectivity index (χ0n) is 11.1. The van der Waals surface area contributed by atoms with Gasteiger partial charge in [-0.25, -0.2) is 4.98 Å². The molecule has 0 aliphatic heterocycles. The highest BCUT2D eigenvalue weighted by molar-refractivity contribution is 6.40. The van der Waals surface area contributed by atoms with Crippen LogP contribution in [0.4, 0.5) is 0 Å². The van der Waals surface area contributed by atoms with Gasteiger partial charge in [-0.15, -0.1) is 0 Å². The number of rotatable bonds is 3. The molecule has 0 fully saturated rings. The lowest BCUT2D eigenvalue weighted by molar-refractivity contribution is 0.0946. The van der Waals surface area contributed by atoms with Gasteiger partial charge in [-0.05, 0) is 12.1 Å². The van der Waals surface area contributed by atoms with E-state index in [2.05, 4.69) is 10.3 Å². The smallest absolute Gasteiger partial charge is 0.253 e. The second kappa shape index (κ2) is 5.68. The third-order valence-electron chi connectivity index (χ3n) is 3.29. The zero-order chi connectivity index (χ0) is 14.8. The summed E-state index contributed by atoms with van der Waals surface area (Å²) in [4.78, 5) is 16.7. The van der Waals surface area contributed by atoms with Gasteiger partial charge in [0.1, 0.15) is 0 Å². The number of carbonyl (C=O) groups is 1. The molecular formula is C16H13ClN2O2. The topological polar surface area (TPSA) is 62.2 Å². The second-order valence-corrected chi connectivity index (χ2v) is 5.00. The molecule has 0 unspecified atom stereocenters. The van der Waals surface area contributed by atoms with Crippen LogP contribution in [0.5, 0.6) is 0 Å². The standard InChI is InChI=1S/C16H13ClN2O2/c17-14-10-4-1-2-7-13(10)19-15-11(14)5-3-6-12(15)16(21)18-8-9-20/h1-7,20H,8-9H2,(H,18,21). The summed E-state index contributed by atoms with van der Waals surface area (Å²) in [7, 11) is 0. The Balaban J connectivity index is 2.25. The molecule has 3 aromatic rings. The van der Waals surface area contributed by atoms with Crippen molar-refractivity contribution in [1.82, 2.24) is 10.3 Å². The molecule has 0 aliphatic rings. The Bertz CT molecular complexity index is 833. The minimum atomic E-state index is -0.270. The maximum atomic E-state index is 12.2. The number of carbonyl (C=O) groups excluding carboxylic acids is 1. The quantitative estimate of drug-likeness (QED) is 0.731. The summed E-state index contributed by atoms with van der Waals surface area (Å²) in [5.41, 5.74) is 1.77. The number of aromatic nitrogens is 1. The highest BCUT2D eigenvalue weighted by atomic mass is 35.5. The Kier molecular flexibility index (Phi) is 3.73. The molecule has 1 heterocycles. The van der Waals surface area contributed by atoms with Crippen LogP contribution in [0.2, 0.25) is 5.02 Å². The Morgan fingerprint density at radius 2 is 1.90 bits per heavy atom. The largest absolute Gasteiger partial charge is 0.395 e. The summed E-state index contributed by atoms with van der Waals surface area (Å²) < 4.78 is 0. The van der Waals surface area contributed by atoms with Gasteiger partial charge < -0.3 is 10.4 Å². The van der Waals surface area contributed by atoms with Crippen molar-refractivity contribution in [1.29, 1.82) is 0 Å². The summed E-state index contributed by atoms with van der Waals surface area (Å²) in [5.74, 6) is -0.270. The van der Waals surface area contributed by atoms with Crippen LogP contribution in [0.1, 0.15) is 10.4 Å². The summed E-state index contributed by atoms with van der Waals surface area (Å²) in [6.45, 7) is 0.101. The molecule has 0 bridgehead atoms. The first-order valence-corrected chi connectivity index (χ1v) is 6.96. The van der Waals surface area contributed by atoms with Gasteiger partial charge in [0.25, 0.3) is 5.91 Å². The van der Waals surface area contributed by atoms with Gasteiger partial charge in [-0.1, -0.05) is 41.9 Å². The highest BCUT2D eigenvalue weighted by Gasteiger charge is 2.14. The van der Waals surface area contributed by atoms with Crippen molar-refractivity contribution in [3.63, 3.8) is 0 Å². The highest BCUT2D eigenvalue weighted by Crippen LogP contribution is 2.31. The van der Waals surface area contributed by atoms with E-state index < -0.39 is 0 Å². The predicted octanol–water partition coefficient (Wildman–Crippen LogP) is 2.76. The van der Waals surface area contributed by atoms with Crippen molar-refractivity contribution in [3.05, 3.63) is 53.1 Å². The lowest BCUT2D eigenvalue weighted by Gasteiger charge is -2.09. The van der Waals surface area contributed by atoms with E-state index in [-0.39, 0.29) is 19.1 Å². The van der Waals surface area contributed by atoms with Crippen LogP contribution < -0.4 is 5.32 Å². The number of para-hydroxylation sites is 2. The Morgan fingerprint density at radius 3 is 2.71 bits per heavy atom. The number of hydrogen-bond acceptors (Lipinski definition) is 3. The van der Waals surface area contributed by atoms with Gasteiger partial charge in [0.15, 0.2) is 0 Å². The van der Waals surface area contributed by atoms with E-state index in [4.69, 9.17) is 16.7 Å². The van der Waals surface area contributed by atoms with E-state index in [1.165, 1.54) is 0 Å². The van der Waals surface area contributed by atoms with Crippen molar-refractivity contribution >= 4 is 39.3 Å². The van der Waals surface area contributed by atoms with Gasteiger partial charge in [0, 0.05) is 17.3 Å². The van der Waals surface area contributed by atoms with Gasteiger partial charge in [0.2, 0.25) is 0 Å². The molecule has 0 saturated heterocycles. The SMILES string of the molecule is O=C(NCCO)c1cccc2c(Cl)c3ccccc3nc12. The fourth-order valence-electron chi connectivity index (χ4n) is 2.31. The number of fused-ring (bicyclic) bond motifs is 2. The number of aliphatic hydroxyl groups excluding tert-OH is 1.